The van der Waals surface area contributed by atoms with Crippen LogP contribution in [0.3, 0.4) is 0 Å². The number of rotatable bonds is 7. The van der Waals surface area contributed by atoms with Gasteiger partial charge >= 0.3 is 0 Å². The van der Waals surface area contributed by atoms with E-state index in [0.717, 1.165) is 50.3 Å². The lowest BCUT2D eigenvalue weighted by molar-refractivity contribution is 0.248. The summed E-state index contributed by atoms with van der Waals surface area (Å²) >= 11 is 12.3. The van der Waals surface area contributed by atoms with Gasteiger partial charge in [0.25, 0.3) is 0 Å². The van der Waals surface area contributed by atoms with Crippen molar-refractivity contribution in [1.29, 1.82) is 0 Å². The summed E-state index contributed by atoms with van der Waals surface area (Å²) in [6.07, 6.45) is 2.09. The molecule has 0 aliphatic carbocycles. The van der Waals surface area contributed by atoms with Gasteiger partial charge in [0.1, 0.15) is 5.75 Å². The molecule has 21 heavy (non-hydrogen) atoms. The minimum absolute atomic E-state index is 0.279. The van der Waals surface area contributed by atoms with Gasteiger partial charge in [-0.2, -0.15) is 0 Å². The normalized spacial score (nSPS) is 17.7. The van der Waals surface area contributed by atoms with Crippen molar-refractivity contribution in [2.45, 2.75) is 32.7 Å². The smallest absolute Gasteiger partial charge is 0.142 e. The van der Waals surface area contributed by atoms with E-state index in [0.29, 0.717) is 16.7 Å². The second kappa shape index (κ2) is 8.23. The molecule has 0 radical (unpaired) electrons. The monoisotopic (exact) mass is 330 g/mol. The van der Waals surface area contributed by atoms with Crippen molar-refractivity contribution in [3.05, 3.63) is 27.7 Å². The Morgan fingerprint density at radius 1 is 1.29 bits per heavy atom. The first-order chi connectivity index (χ1) is 10.2. The van der Waals surface area contributed by atoms with Gasteiger partial charge in [0, 0.05) is 23.0 Å². The van der Waals surface area contributed by atoms with Crippen LogP contribution in [-0.4, -0.2) is 37.7 Å². The molecule has 0 bridgehead atoms. The molecule has 0 fully saturated rings. The minimum Gasteiger partial charge on any atom is -0.492 e. The third kappa shape index (κ3) is 4.49. The molecule has 1 atom stereocenters. The fourth-order valence-corrected chi connectivity index (χ4v) is 3.32. The summed E-state index contributed by atoms with van der Waals surface area (Å²) in [5, 5.41) is 4.88. The lowest BCUT2D eigenvalue weighted by Crippen LogP contribution is -2.31. The standard InChI is InChI=1S/C16H24Cl2N2O/c1-3-20(4-2)8-5-7-19-15-6-9-21-16-13(15)10-12(17)11-14(16)18/h10-11,15,19H,3-9H2,1-2H3. The van der Waals surface area contributed by atoms with Gasteiger partial charge in [-0.3, -0.25) is 0 Å². The SMILES string of the molecule is CCN(CC)CCCNC1CCOc2c(Cl)cc(Cl)cc21. The van der Waals surface area contributed by atoms with Crippen molar-refractivity contribution in [2.24, 2.45) is 0 Å². The summed E-state index contributed by atoms with van der Waals surface area (Å²) in [6.45, 7) is 9.45. The summed E-state index contributed by atoms with van der Waals surface area (Å²) < 4.78 is 5.68. The summed E-state index contributed by atoms with van der Waals surface area (Å²) in [4.78, 5) is 2.44. The molecular weight excluding hydrogens is 307 g/mol. The Labute approximate surface area is 137 Å². The lowest BCUT2D eigenvalue weighted by Gasteiger charge is -2.28. The number of hydrogen-bond acceptors (Lipinski definition) is 3. The Kier molecular flexibility index (Phi) is 6.62. The molecule has 1 aromatic rings. The number of halogens is 2. The zero-order chi connectivity index (χ0) is 15.2. The molecule has 118 valence electrons. The van der Waals surface area contributed by atoms with Crippen LogP contribution in [0.2, 0.25) is 10.0 Å². The Hall–Kier alpha value is -0.480. The van der Waals surface area contributed by atoms with Crippen molar-refractivity contribution < 1.29 is 4.74 Å². The first kappa shape index (κ1) is 16.9. The molecule has 0 saturated heterocycles. The van der Waals surface area contributed by atoms with E-state index in [1.54, 1.807) is 6.07 Å². The number of ether oxygens (including phenoxy) is 1. The second-order valence-corrected chi connectivity index (χ2v) is 6.17. The molecular formula is C16H24Cl2N2O. The van der Waals surface area contributed by atoms with Crippen LogP contribution < -0.4 is 10.1 Å². The van der Waals surface area contributed by atoms with Crippen molar-refractivity contribution in [3.63, 3.8) is 0 Å². The van der Waals surface area contributed by atoms with Gasteiger partial charge in [-0.1, -0.05) is 37.0 Å². The van der Waals surface area contributed by atoms with Crippen LogP contribution in [0.5, 0.6) is 5.75 Å². The third-order valence-electron chi connectivity index (χ3n) is 4.00. The highest BCUT2D eigenvalue weighted by Gasteiger charge is 2.23. The van der Waals surface area contributed by atoms with Gasteiger partial charge in [0.15, 0.2) is 0 Å². The maximum atomic E-state index is 6.21. The van der Waals surface area contributed by atoms with Gasteiger partial charge in [0.05, 0.1) is 11.6 Å². The predicted molar refractivity (Wildman–Crippen MR) is 89.7 cm³/mol. The zero-order valence-electron chi connectivity index (χ0n) is 12.8. The number of fused-ring (bicyclic) bond motifs is 1. The fourth-order valence-electron chi connectivity index (χ4n) is 2.76. The molecule has 1 aliphatic heterocycles. The van der Waals surface area contributed by atoms with Crippen LogP contribution in [0.15, 0.2) is 12.1 Å². The molecule has 5 heteroatoms. The fraction of sp³-hybridized carbons (Fsp3) is 0.625. The zero-order valence-corrected chi connectivity index (χ0v) is 14.3. The Morgan fingerprint density at radius 2 is 2.05 bits per heavy atom. The maximum absolute atomic E-state index is 6.21. The Bertz CT molecular complexity index is 464. The largest absolute Gasteiger partial charge is 0.492 e. The Balaban J connectivity index is 1.91. The van der Waals surface area contributed by atoms with Crippen LogP contribution >= 0.6 is 23.2 Å². The summed E-state index contributed by atoms with van der Waals surface area (Å²) in [7, 11) is 0. The van der Waals surface area contributed by atoms with Crippen LogP contribution in [0.1, 0.15) is 38.3 Å². The summed E-state index contributed by atoms with van der Waals surface area (Å²) in [6, 6.07) is 3.98. The van der Waals surface area contributed by atoms with Gasteiger partial charge in [0.2, 0.25) is 0 Å². The number of benzene rings is 1. The first-order valence-electron chi connectivity index (χ1n) is 7.73. The van der Waals surface area contributed by atoms with Crippen LogP contribution in [0.4, 0.5) is 0 Å². The summed E-state index contributed by atoms with van der Waals surface area (Å²) in [5.41, 5.74) is 1.08. The van der Waals surface area contributed by atoms with Gasteiger partial charge < -0.3 is 15.0 Å². The van der Waals surface area contributed by atoms with Crippen LogP contribution in [0.25, 0.3) is 0 Å². The van der Waals surface area contributed by atoms with E-state index in [2.05, 4.69) is 24.1 Å². The summed E-state index contributed by atoms with van der Waals surface area (Å²) in [5.74, 6) is 0.786. The average Bonchev–Trinajstić information content (AvgIpc) is 2.48. The number of nitrogens with one attached hydrogen (secondary N) is 1. The molecule has 1 aromatic carbocycles. The van der Waals surface area contributed by atoms with E-state index in [4.69, 9.17) is 27.9 Å². The number of hydrogen-bond donors (Lipinski definition) is 1. The molecule has 1 heterocycles. The molecule has 2 rings (SSSR count). The van der Waals surface area contributed by atoms with Gasteiger partial charge in [-0.15, -0.1) is 0 Å². The van der Waals surface area contributed by atoms with Gasteiger partial charge in [-0.25, -0.2) is 0 Å². The van der Waals surface area contributed by atoms with E-state index in [9.17, 15) is 0 Å². The third-order valence-corrected chi connectivity index (χ3v) is 4.50. The first-order valence-corrected chi connectivity index (χ1v) is 8.48. The van der Waals surface area contributed by atoms with Crippen LogP contribution in [-0.2, 0) is 0 Å². The quantitative estimate of drug-likeness (QED) is 0.760. The average molecular weight is 331 g/mol. The van der Waals surface area contributed by atoms with Crippen molar-refractivity contribution >= 4 is 23.2 Å². The van der Waals surface area contributed by atoms with E-state index in [-0.39, 0.29) is 6.04 Å². The number of nitrogens with zero attached hydrogens (tertiary/aromatic N) is 1. The highest BCUT2D eigenvalue weighted by Crippen LogP contribution is 2.39. The molecule has 1 aliphatic rings. The highest BCUT2D eigenvalue weighted by atomic mass is 35.5. The molecule has 0 spiro atoms. The van der Waals surface area contributed by atoms with Crippen molar-refractivity contribution in [3.8, 4) is 5.75 Å². The molecule has 3 nitrogen and oxygen atoms in total. The van der Waals surface area contributed by atoms with E-state index >= 15 is 0 Å². The van der Waals surface area contributed by atoms with E-state index in [1.165, 1.54) is 0 Å². The second-order valence-electron chi connectivity index (χ2n) is 5.33. The van der Waals surface area contributed by atoms with Crippen molar-refractivity contribution in [1.82, 2.24) is 10.2 Å². The van der Waals surface area contributed by atoms with Crippen LogP contribution in [0, 0.1) is 0 Å². The predicted octanol–water partition coefficient (Wildman–Crippen LogP) is 4.14. The molecule has 0 saturated carbocycles. The topological polar surface area (TPSA) is 24.5 Å². The van der Waals surface area contributed by atoms with E-state index in [1.807, 2.05) is 6.07 Å². The molecule has 1 unspecified atom stereocenters. The van der Waals surface area contributed by atoms with Gasteiger partial charge in [-0.05, 0) is 44.7 Å². The Morgan fingerprint density at radius 3 is 2.76 bits per heavy atom. The minimum atomic E-state index is 0.279. The lowest BCUT2D eigenvalue weighted by atomic mass is 10.0. The maximum Gasteiger partial charge on any atom is 0.142 e. The molecule has 0 aromatic heterocycles. The highest BCUT2D eigenvalue weighted by molar-refractivity contribution is 6.35. The van der Waals surface area contributed by atoms with Crippen molar-refractivity contribution in [2.75, 3.05) is 32.8 Å². The van der Waals surface area contributed by atoms with E-state index < -0.39 is 0 Å². The molecule has 0 amide bonds. The molecule has 1 N–H and O–H groups in total.